The van der Waals surface area contributed by atoms with E-state index in [4.69, 9.17) is 9.84 Å². The van der Waals surface area contributed by atoms with Gasteiger partial charge in [-0.1, -0.05) is 29.8 Å². The topological polar surface area (TPSA) is 62.7 Å². The van der Waals surface area contributed by atoms with Crippen molar-refractivity contribution in [1.29, 1.82) is 0 Å². The monoisotopic (exact) mass is 340 g/mol. The Morgan fingerprint density at radius 2 is 2.12 bits per heavy atom. The molecule has 1 N–H and O–H groups in total. The van der Waals surface area contributed by atoms with E-state index in [2.05, 4.69) is 41.1 Å². The molecule has 0 bridgehead atoms. The number of aliphatic carboxylic acids is 1. The van der Waals surface area contributed by atoms with Gasteiger partial charge in [0.15, 0.2) is 0 Å². The zero-order valence-electron chi connectivity index (χ0n) is 14.5. The highest BCUT2D eigenvalue weighted by Gasteiger charge is 2.25. The summed E-state index contributed by atoms with van der Waals surface area (Å²) in [5.74, 6) is 0.00196. The summed E-state index contributed by atoms with van der Waals surface area (Å²) in [7, 11) is 0. The van der Waals surface area contributed by atoms with Crippen molar-refractivity contribution < 1.29 is 14.6 Å². The van der Waals surface area contributed by atoms with Gasteiger partial charge in [0, 0.05) is 25.1 Å². The fourth-order valence-electron chi connectivity index (χ4n) is 3.26. The molecular formula is C20H24N2O3. The molecule has 1 fully saturated rings. The SMILES string of the molecule is Cc1ccc(COc2cncc(N3CCCC3CCC(=O)O)c2)cc1. The van der Waals surface area contributed by atoms with Crippen molar-refractivity contribution in [2.75, 3.05) is 11.4 Å². The molecule has 1 atom stereocenters. The third-order valence-electron chi connectivity index (χ3n) is 4.63. The highest BCUT2D eigenvalue weighted by molar-refractivity contribution is 5.66. The summed E-state index contributed by atoms with van der Waals surface area (Å²) in [6, 6.07) is 10.5. The largest absolute Gasteiger partial charge is 0.487 e. The Morgan fingerprint density at radius 1 is 1.32 bits per heavy atom. The van der Waals surface area contributed by atoms with Crippen LogP contribution in [0, 0.1) is 6.92 Å². The molecule has 5 heteroatoms. The lowest BCUT2D eigenvalue weighted by atomic mass is 10.1. The molecule has 5 nitrogen and oxygen atoms in total. The van der Waals surface area contributed by atoms with Crippen LogP contribution in [-0.4, -0.2) is 28.6 Å². The van der Waals surface area contributed by atoms with Gasteiger partial charge >= 0.3 is 5.97 Å². The summed E-state index contributed by atoms with van der Waals surface area (Å²) >= 11 is 0. The maximum absolute atomic E-state index is 10.8. The van der Waals surface area contributed by atoms with Crippen molar-refractivity contribution in [2.24, 2.45) is 0 Å². The molecule has 1 unspecified atom stereocenters. The van der Waals surface area contributed by atoms with Crippen LogP contribution in [0.5, 0.6) is 5.75 Å². The minimum atomic E-state index is -0.736. The fourth-order valence-corrected chi connectivity index (χ4v) is 3.26. The number of aryl methyl sites for hydroxylation is 1. The Hall–Kier alpha value is -2.56. The number of carboxylic acid groups (broad SMARTS) is 1. The molecule has 2 heterocycles. The van der Waals surface area contributed by atoms with E-state index in [9.17, 15) is 4.79 Å². The van der Waals surface area contributed by atoms with Gasteiger partial charge in [-0.15, -0.1) is 0 Å². The van der Waals surface area contributed by atoms with Crippen LogP contribution in [0.1, 0.15) is 36.8 Å². The highest BCUT2D eigenvalue weighted by atomic mass is 16.5. The van der Waals surface area contributed by atoms with Crippen molar-refractivity contribution in [1.82, 2.24) is 4.98 Å². The van der Waals surface area contributed by atoms with Gasteiger partial charge in [-0.3, -0.25) is 9.78 Å². The maximum atomic E-state index is 10.8. The summed E-state index contributed by atoms with van der Waals surface area (Å²) in [4.78, 5) is 17.4. The van der Waals surface area contributed by atoms with Gasteiger partial charge in [-0.25, -0.2) is 0 Å². The molecule has 1 aliphatic heterocycles. The molecule has 1 saturated heterocycles. The zero-order valence-corrected chi connectivity index (χ0v) is 14.5. The van der Waals surface area contributed by atoms with Gasteiger partial charge in [-0.2, -0.15) is 0 Å². The van der Waals surface area contributed by atoms with Crippen molar-refractivity contribution in [3.8, 4) is 5.75 Å². The highest BCUT2D eigenvalue weighted by Crippen LogP contribution is 2.29. The quantitative estimate of drug-likeness (QED) is 0.830. The fraction of sp³-hybridized carbons (Fsp3) is 0.400. The second-order valence-corrected chi connectivity index (χ2v) is 6.57. The second kappa shape index (κ2) is 8.01. The Labute approximate surface area is 148 Å². The molecule has 25 heavy (non-hydrogen) atoms. The van der Waals surface area contributed by atoms with Crippen molar-refractivity contribution in [3.63, 3.8) is 0 Å². The number of anilines is 1. The molecule has 2 aromatic rings. The van der Waals surface area contributed by atoms with E-state index in [1.807, 2.05) is 12.3 Å². The molecular weight excluding hydrogens is 316 g/mol. The number of rotatable bonds is 7. The summed E-state index contributed by atoms with van der Waals surface area (Å²) in [5, 5.41) is 8.92. The standard InChI is InChI=1S/C20H24N2O3/c1-15-4-6-16(7-5-15)14-25-19-11-18(12-21-13-19)22-10-2-3-17(22)8-9-20(23)24/h4-7,11-13,17H,2-3,8-10,14H2,1H3,(H,23,24). The lowest BCUT2D eigenvalue weighted by Gasteiger charge is -2.26. The third-order valence-corrected chi connectivity index (χ3v) is 4.63. The molecule has 132 valence electrons. The predicted octanol–water partition coefficient (Wildman–Crippen LogP) is 3.80. The number of ether oxygens (including phenoxy) is 1. The first-order valence-electron chi connectivity index (χ1n) is 8.73. The molecule has 0 aliphatic carbocycles. The van der Waals surface area contributed by atoms with Crippen LogP contribution in [-0.2, 0) is 11.4 Å². The Balaban J connectivity index is 1.64. The first kappa shape index (κ1) is 17.3. The number of hydrogen-bond acceptors (Lipinski definition) is 4. The molecule has 1 aromatic heterocycles. The number of pyridine rings is 1. The van der Waals surface area contributed by atoms with Crippen LogP contribution in [0.4, 0.5) is 5.69 Å². The van der Waals surface area contributed by atoms with Crippen molar-refractivity contribution >= 4 is 11.7 Å². The Bertz CT molecular complexity index is 715. The number of hydrogen-bond donors (Lipinski definition) is 1. The molecule has 0 radical (unpaired) electrons. The van der Waals surface area contributed by atoms with Crippen LogP contribution in [0.25, 0.3) is 0 Å². The van der Waals surface area contributed by atoms with Crippen LogP contribution < -0.4 is 9.64 Å². The smallest absolute Gasteiger partial charge is 0.303 e. The average molecular weight is 340 g/mol. The number of carboxylic acids is 1. The van der Waals surface area contributed by atoms with E-state index in [0.717, 1.165) is 36.4 Å². The minimum absolute atomic E-state index is 0.207. The normalized spacial score (nSPS) is 16.8. The third kappa shape index (κ3) is 4.72. The van der Waals surface area contributed by atoms with E-state index in [1.165, 1.54) is 5.56 Å². The number of benzene rings is 1. The van der Waals surface area contributed by atoms with E-state index in [-0.39, 0.29) is 12.5 Å². The second-order valence-electron chi connectivity index (χ2n) is 6.57. The molecule has 0 saturated carbocycles. The average Bonchev–Trinajstić information content (AvgIpc) is 3.08. The summed E-state index contributed by atoms with van der Waals surface area (Å²) < 4.78 is 5.88. The van der Waals surface area contributed by atoms with Gasteiger partial charge in [0.05, 0.1) is 18.1 Å². The van der Waals surface area contributed by atoms with Gasteiger partial charge in [0.1, 0.15) is 12.4 Å². The van der Waals surface area contributed by atoms with Crippen LogP contribution in [0.2, 0.25) is 0 Å². The van der Waals surface area contributed by atoms with Gasteiger partial charge in [0.25, 0.3) is 0 Å². The number of nitrogens with zero attached hydrogens (tertiary/aromatic N) is 2. The summed E-state index contributed by atoms with van der Waals surface area (Å²) in [5.41, 5.74) is 3.36. The van der Waals surface area contributed by atoms with E-state index >= 15 is 0 Å². The number of aromatic nitrogens is 1. The molecule has 0 spiro atoms. The zero-order chi connectivity index (χ0) is 17.6. The first-order chi connectivity index (χ1) is 12.1. The maximum Gasteiger partial charge on any atom is 0.303 e. The van der Waals surface area contributed by atoms with E-state index < -0.39 is 5.97 Å². The Kier molecular flexibility index (Phi) is 5.53. The molecule has 3 rings (SSSR count). The molecule has 0 amide bonds. The number of carbonyl (C=O) groups is 1. The summed E-state index contributed by atoms with van der Waals surface area (Å²) in [6.45, 7) is 3.51. The Morgan fingerprint density at radius 3 is 2.88 bits per heavy atom. The van der Waals surface area contributed by atoms with Gasteiger partial charge in [-0.05, 0) is 31.7 Å². The molecule has 1 aromatic carbocycles. The van der Waals surface area contributed by atoms with Crippen LogP contribution >= 0.6 is 0 Å². The van der Waals surface area contributed by atoms with Gasteiger partial charge in [0.2, 0.25) is 0 Å². The lowest BCUT2D eigenvalue weighted by molar-refractivity contribution is -0.137. The lowest BCUT2D eigenvalue weighted by Crippen LogP contribution is -2.29. The first-order valence-corrected chi connectivity index (χ1v) is 8.73. The molecule has 1 aliphatic rings. The minimum Gasteiger partial charge on any atom is -0.487 e. The van der Waals surface area contributed by atoms with Crippen molar-refractivity contribution in [2.45, 2.75) is 45.3 Å². The van der Waals surface area contributed by atoms with Crippen molar-refractivity contribution in [3.05, 3.63) is 53.9 Å². The van der Waals surface area contributed by atoms with E-state index in [1.54, 1.807) is 6.20 Å². The van der Waals surface area contributed by atoms with Crippen LogP contribution in [0.3, 0.4) is 0 Å². The summed E-state index contributed by atoms with van der Waals surface area (Å²) in [6.07, 6.45) is 6.54. The van der Waals surface area contributed by atoms with Gasteiger partial charge < -0.3 is 14.7 Å². The predicted molar refractivity (Wildman–Crippen MR) is 97.0 cm³/mol. The van der Waals surface area contributed by atoms with E-state index in [0.29, 0.717) is 13.0 Å². The van der Waals surface area contributed by atoms with Crippen LogP contribution in [0.15, 0.2) is 42.7 Å².